The first-order chi connectivity index (χ1) is 15.8. The van der Waals surface area contributed by atoms with Crippen LogP contribution in [-0.2, 0) is 19.1 Å². The van der Waals surface area contributed by atoms with Crippen molar-refractivity contribution in [1.82, 2.24) is 0 Å². The second-order valence-electron chi connectivity index (χ2n) is 8.31. The number of halogens is 2. The highest BCUT2D eigenvalue weighted by Gasteiger charge is 2.59. The van der Waals surface area contributed by atoms with Crippen LogP contribution in [0.3, 0.4) is 0 Å². The van der Waals surface area contributed by atoms with E-state index in [2.05, 4.69) is 21.2 Å². The first kappa shape index (κ1) is 21.9. The lowest BCUT2D eigenvalue weighted by Gasteiger charge is -2.18. The van der Waals surface area contributed by atoms with Gasteiger partial charge in [0.05, 0.1) is 33.8 Å². The monoisotopic (exact) mass is 528 g/mol. The molecule has 0 aromatic heterocycles. The van der Waals surface area contributed by atoms with Crippen molar-refractivity contribution in [2.75, 3.05) is 16.8 Å². The van der Waals surface area contributed by atoms with E-state index >= 15 is 0 Å². The van der Waals surface area contributed by atoms with Gasteiger partial charge >= 0.3 is 5.97 Å². The first-order valence-electron chi connectivity index (χ1n) is 10.4. The van der Waals surface area contributed by atoms with Crippen LogP contribution in [0.5, 0.6) is 0 Å². The normalized spacial score (nSPS) is 24.8. The molecule has 3 amide bonds. The van der Waals surface area contributed by atoms with E-state index in [4.69, 9.17) is 16.3 Å². The van der Waals surface area contributed by atoms with E-state index in [1.54, 1.807) is 30.3 Å². The number of imide groups is 1. The molecule has 1 saturated heterocycles. The van der Waals surface area contributed by atoms with Crippen molar-refractivity contribution in [2.45, 2.75) is 6.42 Å². The zero-order valence-corrected chi connectivity index (χ0v) is 19.5. The predicted octanol–water partition coefficient (Wildman–Crippen LogP) is 4.21. The Bertz CT molecular complexity index is 1200. The van der Waals surface area contributed by atoms with Crippen LogP contribution in [0.2, 0.25) is 5.02 Å². The summed E-state index contributed by atoms with van der Waals surface area (Å²) in [6.45, 7) is -0.518. The number of nitrogens with one attached hydrogen (secondary N) is 1. The lowest BCUT2D eigenvalue weighted by Crippen LogP contribution is -2.33. The Morgan fingerprint density at radius 3 is 2.42 bits per heavy atom. The van der Waals surface area contributed by atoms with Gasteiger partial charge in [-0.15, -0.1) is 0 Å². The van der Waals surface area contributed by atoms with Crippen LogP contribution in [0.15, 0.2) is 59.1 Å². The minimum absolute atomic E-state index is 0.104. The zero-order valence-electron chi connectivity index (χ0n) is 17.2. The predicted molar refractivity (Wildman–Crippen MR) is 125 cm³/mol. The lowest BCUT2D eigenvalue weighted by molar-refractivity contribution is -0.123. The lowest BCUT2D eigenvalue weighted by atomic mass is 9.85. The fourth-order valence-corrected chi connectivity index (χ4v) is 5.64. The number of anilines is 2. The summed E-state index contributed by atoms with van der Waals surface area (Å²) in [6.07, 6.45) is 4.90. The average molecular weight is 530 g/mol. The summed E-state index contributed by atoms with van der Waals surface area (Å²) >= 11 is 9.36. The number of allylic oxidation sites excluding steroid dienone is 2. The number of nitrogens with zero attached hydrogens (tertiary/aromatic N) is 1. The molecule has 4 atom stereocenters. The van der Waals surface area contributed by atoms with Crippen LogP contribution in [0.1, 0.15) is 16.8 Å². The molecule has 7 nitrogen and oxygen atoms in total. The second kappa shape index (κ2) is 8.43. The van der Waals surface area contributed by atoms with Crippen molar-refractivity contribution in [3.8, 4) is 0 Å². The summed E-state index contributed by atoms with van der Waals surface area (Å²) in [5, 5.41) is 2.91. The Labute approximate surface area is 202 Å². The van der Waals surface area contributed by atoms with Crippen LogP contribution in [0.25, 0.3) is 0 Å². The Kier molecular flexibility index (Phi) is 5.58. The number of ether oxygens (including phenoxy) is 1. The molecule has 5 rings (SSSR count). The number of hydrogen-bond acceptors (Lipinski definition) is 5. The van der Waals surface area contributed by atoms with Crippen molar-refractivity contribution < 1.29 is 23.9 Å². The van der Waals surface area contributed by atoms with Crippen molar-refractivity contribution in [3.05, 3.63) is 69.7 Å². The van der Waals surface area contributed by atoms with E-state index in [1.807, 2.05) is 12.2 Å². The topological polar surface area (TPSA) is 92.8 Å². The molecule has 2 aliphatic carbocycles. The maximum atomic E-state index is 13.0. The Morgan fingerprint density at radius 2 is 1.76 bits per heavy atom. The van der Waals surface area contributed by atoms with Crippen LogP contribution in [0.4, 0.5) is 11.4 Å². The van der Waals surface area contributed by atoms with Crippen molar-refractivity contribution in [1.29, 1.82) is 0 Å². The summed E-state index contributed by atoms with van der Waals surface area (Å²) < 4.78 is 5.88. The van der Waals surface area contributed by atoms with E-state index in [9.17, 15) is 19.2 Å². The third-order valence-corrected chi connectivity index (χ3v) is 7.16. The van der Waals surface area contributed by atoms with Crippen LogP contribution in [-0.4, -0.2) is 30.3 Å². The van der Waals surface area contributed by atoms with E-state index in [0.717, 1.165) is 10.9 Å². The van der Waals surface area contributed by atoms with E-state index in [1.165, 1.54) is 17.0 Å². The average Bonchev–Trinajstić information content (AvgIpc) is 3.48. The SMILES string of the molecule is O=C(COC(=O)c1cccc(N2C(=O)[C@H]3[C@H](C2=O)[C@H]2C=C[C@H]3C2)c1)Nc1ccc(Br)cc1Cl. The minimum Gasteiger partial charge on any atom is -0.452 e. The molecule has 2 fully saturated rings. The Morgan fingerprint density at radius 1 is 1.06 bits per heavy atom. The maximum Gasteiger partial charge on any atom is 0.338 e. The summed E-state index contributed by atoms with van der Waals surface area (Å²) in [5.41, 5.74) is 0.864. The molecular weight excluding hydrogens is 512 g/mol. The van der Waals surface area contributed by atoms with Crippen molar-refractivity contribution >= 4 is 62.6 Å². The Hall–Kier alpha value is -2.97. The molecule has 1 N–H and O–H groups in total. The highest BCUT2D eigenvalue weighted by atomic mass is 79.9. The highest BCUT2D eigenvalue weighted by Crippen LogP contribution is 2.53. The smallest absolute Gasteiger partial charge is 0.338 e. The summed E-state index contributed by atoms with van der Waals surface area (Å²) in [7, 11) is 0. The van der Waals surface area contributed by atoms with E-state index in [-0.39, 0.29) is 41.0 Å². The maximum absolute atomic E-state index is 13.0. The molecule has 3 aliphatic rings. The number of carbonyl (C=O) groups is 4. The highest BCUT2D eigenvalue weighted by molar-refractivity contribution is 9.10. The molecular formula is C24H18BrClN2O5. The van der Waals surface area contributed by atoms with Gasteiger partial charge in [-0.3, -0.25) is 14.4 Å². The molecule has 0 spiro atoms. The number of amides is 3. The van der Waals surface area contributed by atoms with Gasteiger partial charge in [0.15, 0.2) is 6.61 Å². The molecule has 2 aromatic rings. The van der Waals surface area contributed by atoms with Crippen LogP contribution >= 0.6 is 27.5 Å². The van der Waals surface area contributed by atoms with Gasteiger partial charge in [-0.25, -0.2) is 9.69 Å². The molecule has 168 valence electrons. The van der Waals surface area contributed by atoms with Crippen molar-refractivity contribution in [2.24, 2.45) is 23.7 Å². The Balaban J connectivity index is 1.25. The van der Waals surface area contributed by atoms with Gasteiger partial charge in [0.25, 0.3) is 5.91 Å². The largest absolute Gasteiger partial charge is 0.452 e. The van der Waals surface area contributed by atoms with Gasteiger partial charge < -0.3 is 10.1 Å². The standard InChI is InChI=1S/C24H18BrClN2O5/c25-15-6-7-18(17(26)10-15)27-19(29)11-33-24(32)14-2-1-3-16(9-14)28-22(30)20-12-4-5-13(8-12)21(20)23(28)31/h1-7,9-10,12-13,20-21H,8,11H2,(H,27,29)/t12-,13-,20+,21+/m0/s1. The second-order valence-corrected chi connectivity index (χ2v) is 9.63. The number of rotatable bonds is 5. The molecule has 0 radical (unpaired) electrons. The number of carbonyl (C=O) groups excluding carboxylic acids is 4. The molecule has 0 unspecified atom stereocenters. The molecule has 1 aliphatic heterocycles. The van der Waals surface area contributed by atoms with Crippen LogP contribution < -0.4 is 10.2 Å². The van der Waals surface area contributed by atoms with Crippen LogP contribution in [0, 0.1) is 23.7 Å². The van der Waals surface area contributed by atoms with Gasteiger partial charge in [-0.1, -0.05) is 45.7 Å². The fourth-order valence-electron chi connectivity index (χ4n) is 4.92. The minimum atomic E-state index is -0.741. The van der Waals surface area contributed by atoms with Crippen molar-refractivity contribution in [3.63, 3.8) is 0 Å². The van der Waals surface area contributed by atoms with Gasteiger partial charge in [0.2, 0.25) is 11.8 Å². The summed E-state index contributed by atoms with van der Waals surface area (Å²) in [6, 6.07) is 11.1. The van der Waals surface area contributed by atoms with Gasteiger partial charge in [-0.2, -0.15) is 0 Å². The summed E-state index contributed by atoms with van der Waals surface area (Å²) in [4.78, 5) is 51.9. The third kappa shape index (κ3) is 3.87. The molecule has 2 bridgehead atoms. The fraction of sp³-hybridized carbons (Fsp3) is 0.250. The van der Waals surface area contributed by atoms with Gasteiger partial charge in [0.1, 0.15) is 0 Å². The molecule has 1 saturated carbocycles. The van der Waals surface area contributed by atoms with E-state index in [0.29, 0.717) is 16.4 Å². The van der Waals surface area contributed by atoms with Gasteiger partial charge in [-0.05, 0) is 54.7 Å². The number of hydrogen-bond donors (Lipinski definition) is 1. The molecule has 1 heterocycles. The number of benzene rings is 2. The molecule has 33 heavy (non-hydrogen) atoms. The summed E-state index contributed by atoms with van der Waals surface area (Å²) in [5.74, 6) is -2.18. The molecule has 2 aromatic carbocycles. The zero-order chi connectivity index (χ0) is 23.3. The third-order valence-electron chi connectivity index (χ3n) is 6.35. The van der Waals surface area contributed by atoms with Gasteiger partial charge in [0, 0.05) is 4.47 Å². The number of esters is 1. The quantitative estimate of drug-likeness (QED) is 0.356. The number of fused-ring (bicyclic) bond motifs is 5. The molecule has 9 heteroatoms. The van der Waals surface area contributed by atoms with E-state index < -0.39 is 18.5 Å². The first-order valence-corrected chi connectivity index (χ1v) is 11.6.